The third kappa shape index (κ3) is 2.21. The summed E-state index contributed by atoms with van der Waals surface area (Å²) in [5.74, 6) is 0.925. The van der Waals surface area contributed by atoms with Crippen LogP contribution in [0.3, 0.4) is 0 Å². The molecule has 2 aromatic rings. The van der Waals surface area contributed by atoms with Crippen molar-refractivity contribution in [2.24, 2.45) is 0 Å². The third-order valence-electron chi connectivity index (χ3n) is 2.21. The van der Waals surface area contributed by atoms with Gasteiger partial charge in [-0.25, -0.2) is 4.98 Å². The molecule has 1 N–H and O–H groups in total. The minimum Gasteiger partial charge on any atom is -0.319 e. The average Bonchev–Trinajstić information content (AvgIpc) is 2.26. The molecule has 0 aliphatic heterocycles. The molecule has 0 amide bonds. The molecule has 0 radical (unpaired) electrons. The van der Waals surface area contributed by atoms with E-state index >= 15 is 0 Å². The number of nitrogens with one attached hydrogen (secondary N) is 1. The first-order valence-electron chi connectivity index (χ1n) is 4.78. The molecule has 4 heteroatoms. The van der Waals surface area contributed by atoms with E-state index in [9.17, 15) is 4.79 Å². The van der Waals surface area contributed by atoms with E-state index in [2.05, 4.69) is 9.97 Å². The normalized spacial score (nSPS) is 10.7. The van der Waals surface area contributed by atoms with Gasteiger partial charge in [0.05, 0.1) is 11.0 Å². The fourth-order valence-corrected chi connectivity index (χ4v) is 1.83. The second-order valence-electron chi connectivity index (χ2n) is 3.27. The summed E-state index contributed by atoms with van der Waals surface area (Å²) in [4.78, 5) is 18.8. The highest BCUT2D eigenvalue weighted by molar-refractivity contribution is 7.98. The second-order valence-corrected chi connectivity index (χ2v) is 4.26. The number of hydrogen-bond donors (Lipinski definition) is 1. The van der Waals surface area contributed by atoms with Crippen molar-refractivity contribution in [1.82, 2.24) is 9.97 Å². The zero-order valence-corrected chi connectivity index (χ0v) is 9.30. The Morgan fingerprint density at radius 1 is 1.40 bits per heavy atom. The van der Waals surface area contributed by atoms with E-state index in [0.29, 0.717) is 5.69 Å². The van der Waals surface area contributed by atoms with Crippen molar-refractivity contribution in [3.05, 3.63) is 40.3 Å². The van der Waals surface area contributed by atoms with Crippen LogP contribution in [0.1, 0.15) is 5.69 Å². The Hall–Kier alpha value is -1.29. The van der Waals surface area contributed by atoms with Gasteiger partial charge in [0.15, 0.2) is 0 Å². The van der Waals surface area contributed by atoms with E-state index < -0.39 is 0 Å². The lowest BCUT2D eigenvalue weighted by Gasteiger charge is -2.00. The van der Waals surface area contributed by atoms with Crippen molar-refractivity contribution in [3.8, 4) is 0 Å². The minimum absolute atomic E-state index is 0.0669. The molecule has 0 atom stereocenters. The molecule has 0 saturated carbocycles. The zero-order chi connectivity index (χ0) is 10.7. The predicted molar refractivity (Wildman–Crippen MR) is 64.4 cm³/mol. The number of para-hydroxylation sites is 2. The lowest BCUT2D eigenvalue weighted by molar-refractivity contribution is 1.01. The molecule has 0 spiro atoms. The summed E-state index contributed by atoms with van der Waals surface area (Å²) in [7, 11) is 0. The van der Waals surface area contributed by atoms with E-state index in [1.807, 2.05) is 30.5 Å². The summed E-state index contributed by atoms with van der Waals surface area (Å²) in [5.41, 5.74) is 2.22. The quantitative estimate of drug-likeness (QED) is 0.858. The molecule has 0 saturated heterocycles. The molecular weight excluding hydrogens is 208 g/mol. The maximum absolute atomic E-state index is 11.6. The SMILES string of the molecule is CSCCc1nc2ccccc2[nH]c1=O. The lowest BCUT2D eigenvalue weighted by Crippen LogP contribution is -2.15. The van der Waals surface area contributed by atoms with Crippen molar-refractivity contribution in [2.75, 3.05) is 12.0 Å². The van der Waals surface area contributed by atoms with Gasteiger partial charge in [0, 0.05) is 6.42 Å². The molecule has 78 valence electrons. The fourth-order valence-electron chi connectivity index (χ4n) is 1.44. The summed E-state index contributed by atoms with van der Waals surface area (Å²) >= 11 is 1.72. The Labute approximate surface area is 91.9 Å². The topological polar surface area (TPSA) is 45.8 Å². The van der Waals surface area contributed by atoms with E-state index in [4.69, 9.17) is 0 Å². The van der Waals surface area contributed by atoms with Gasteiger partial charge in [-0.1, -0.05) is 12.1 Å². The largest absolute Gasteiger partial charge is 0.319 e. The van der Waals surface area contributed by atoms with Gasteiger partial charge in [-0.05, 0) is 24.1 Å². The van der Waals surface area contributed by atoms with Gasteiger partial charge in [-0.15, -0.1) is 0 Å². The van der Waals surface area contributed by atoms with Crippen LogP contribution in [-0.2, 0) is 6.42 Å². The molecule has 15 heavy (non-hydrogen) atoms. The standard InChI is InChI=1S/C11H12N2OS/c1-15-7-6-10-11(14)13-9-5-3-2-4-8(9)12-10/h2-5H,6-7H2,1H3,(H,13,14). The zero-order valence-electron chi connectivity index (χ0n) is 8.49. The number of rotatable bonds is 3. The van der Waals surface area contributed by atoms with Crippen LogP contribution in [0.25, 0.3) is 11.0 Å². The summed E-state index contributed by atoms with van der Waals surface area (Å²) in [6.07, 6.45) is 2.75. The van der Waals surface area contributed by atoms with Crippen molar-refractivity contribution in [3.63, 3.8) is 0 Å². The molecule has 0 aliphatic carbocycles. The fraction of sp³-hybridized carbons (Fsp3) is 0.273. The van der Waals surface area contributed by atoms with Crippen LogP contribution in [0, 0.1) is 0 Å². The monoisotopic (exact) mass is 220 g/mol. The Kier molecular flexibility index (Phi) is 3.06. The van der Waals surface area contributed by atoms with Crippen LogP contribution in [-0.4, -0.2) is 22.0 Å². The Morgan fingerprint density at radius 3 is 3.00 bits per heavy atom. The molecule has 0 aliphatic rings. The van der Waals surface area contributed by atoms with Gasteiger partial charge in [-0.2, -0.15) is 11.8 Å². The molecule has 0 fully saturated rings. The van der Waals surface area contributed by atoms with Gasteiger partial charge < -0.3 is 4.98 Å². The third-order valence-corrected chi connectivity index (χ3v) is 2.83. The van der Waals surface area contributed by atoms with Gasteiger partial charge in [0.25, 0.3) is 5.56 Å². The molecular formula is C11H12N2OS. The number of thioether (sulfide) groups is 1. The first kappa shape index (κ1) is 10.2. The van der Waals surface area contributed by atoms with Gasteiger partial charge >= 0.3 is 0 Å². The van der Waals surface area contributed by atoms with Crippen LogP contribution < -0.4 is 5.56 Å². The Morgan fingerprint density at radius 2 is 2.20 bits per heavy atom. The molecule has 3 nitrogen and oxygen atoms in total. The predicted octanol–water partition coefficient (Wildman–Crippen LogP) is 1.83. The van der Waals surface area contributed by atoms with Crippen molar-refractivity contribution < 1.29 is 0 Å². The van der Waals surface area contributed by atoms with Crippen LogP contribution in [0.5, 0.6) is 0 Å². The number of benzene rings is 1. The first-order valence-corrected chi connectivity index (χ1v) is 6.17. The van der Waals surface area contributed by atoms with Crippen molar-refractivity contribution in [1.29, 1.82) is 0 Å². The number of aromatic nitrogens is 2. The van der Waals surface area contributed by atoms with E-state index in [-0.39, 0.29) is 5.56 Å². The average molecular weight is 220 g/mol. The first-order chi connectivity index (χ1) is 7.31. The van der Waals surface area contributed by atoms with Gasteiger partial charge in [-0.3, -0.25) is 4.79 Å². The highest BCUT2D eigenvalue weighted by Crippen LogP contribution is 2.06. The summed E-state index contributed by atoms with van der Waals surface area (Å²) < 4.78 is 0. The van der Waals surface area contributed by atoms with Crippen LogP contribution in [0.2, 0.25) is 0 Å². The van der Waals surface area contributed by atoms with Crippen LogP contribution in [0.15, 0.2) is 29.1 Å². The smallest absolute Gasteiger partial charge is 0.270 e. The van der Waals surface area contributed by atoms with Crippen LogP contribution in [0.4, 0.5) is 0 Å². The van der Waals surface area contributed by atoms with E-state index in [0.717, 1.165) is 23.2 Å². The number of H-pyrrole nitrogens is 1. The Bertz CT molecular complexity index is 521. The number of fused-ring (bicyclic) bond motifs is 1. The summed E-state index contributed by atoms with van der Waals surface area (Å²) in [5, 5.41) is 0. The molecule has 1 aromatic carbocycles. The van der Waals surface area contributed by atoms with Crippen molar-refractivity contribution >= 4 is 22.8 Å². The maximum Gasteiger partial charge on any atom is 0.270 e. The van der Waals surface area contributed by atoms with Gasteiger partial charge in [0.1, 0.15) is 5.69 Å². The number of nitrogens with zero attached hydrogens (tertiary/aromatic N) is 1. The summed E-state index contributed by atoms with van der Waals surface area (Å²) in [6.45, 7) is 0. The molecule has 2 rings (SSSR count). The van der Waals surface area contributed by atoms with E-state index in [1.165, 1.54) is 0 Å². The highest BCUT2D eigenvalue weighted by atomic mass is 32.2. The molecule has 0 bridgehead atoms. The highest BCUT2D eigenvalue weighted by Gasteiger charge is 2.03. The lowest BCUT2D eigenvalue weighted by atomic mass is 10.2. The second kappa shape index (κ2) is 4.49. The maximum atomic E-state index is 11.6. The molecule has 1 heterocycles. The van der Waals surface area contributed by atoms with Crippen LogP contribution >= 0.6 is 11.8 Å². The van der Waals surface area contributed by atoms with Gasteiger partial charge in [0.2, 0.25) is 0 Å². The van der Waals surface area contributed by atoms with E-state index in [1.54, 1.807) is 11.8 Å². The molecule has 0 unspecified atom stereocenters. The number of aryl methyl sites for hydroxylation is 1. The Balaban J connectivity index is 2.48. The summed E-state index contributed by atoms with van der Waals surface area (Å²) in [6, 6.07) is 7.59. The number of hydrogen-bond acceptors (Lipinski definition) is 3. The van der Waals surface area contributed by atoms with Crippen molar-refractivity contribution in [2.45, 2.75) is 6.42 Å². The molecule has 1 aromatic heterocycles. The minimum atomic E-state index is -0.0669. The number of aromatic amines is 1.